The second kappa shape index (κ2) is 20.6. The third-order valence-electron chi connectivity index (χ3n) is 12.1. The van der Waals surface area contributed by atoms with Crippen LogP contribution in [0.2, 0.25) is 0 Å². The van der Waals surface area contributed by atoms with E-state index >= 15 is 0 Å². The van der Waals surface area contributed by atoms with Crippen molar-refractivity contribution < 1.29 is 33.0 Å². The number of nitrogens with two attached hydrogens (primary N) is 1. The molecule has 372 valence electrons. The van der Waals surface area contributed by atoms with E-state index in [4.69, 9.17) is 20.3 Å². The number of pyridine rings is 2. The molecule has 0 aliphatic heterocycles. The lowest BCUT2D eigenvalue weighted by atomic mass is 10.1. The molecule has 8 aromatic heterocycles. The molecule has 2 aromatic carbocycles. The molecule has 1 amide bonds. The van der Waals surface area contributed by atoms with Crippen molar-refractivity contribution >= 4 is 23.2 Å². The minimum absolute atomic E-state index is 0.0405. The average Bonchev–Trinajstić information content (AvgIpc) is 3.86. The Hall–Kier alpha value is -9.33. The largest absolute Gasteiger partial charge is 0.494 e. The summed E-state index contributed by atoms with van der Waals surface area (Å²) in [5.41, 5.74) is 13.1. The number of rotatable bonds is 15. The van der Waals surface area contributed by atoms with E-state index in [0.29, 0.717) is 41.9 Å². The van der Waals surface area contributed by atoms with Crippen molar-refractivity contribution in [3.8, 4) is 22.9 Å². The van der Waals surface area contributed by atoms with Crippen LogP contribution in [0.25, 0.3) is 22.7 Å². The number of carboxylic acid groups (broad SMARTS) is 1. The summed E-state index contributed by atoms with van der Waals surface area (Å²) in [6.07, 6.45) is 20.4. The molecule has 4 N–H and O–H groups in total. The fraction of sp³-hybridized carbons (Fsp3) is 0.255. The minimum Gasteiger partial charge on any atom is -0.494 e. The van der Waals surface area contributed by atoms with Gasteiger partial charge in [-0.1, -0.05) is 22.6 Å². The molecule has 2 saturated carbocycles. The normalized spacial score (nSPS) is 13.1. The monoisotopic (exact) mass is 993 g/mol. The van der Waals surface area contributed by atoms with Crippen molar-refractivity contribution in [3.63, 3.8) is 0 Å². The van der Waals surface area contributed by atoms with Crippen molar-refractivity contribution in [2.45, 2.75) is 63.7 Å². The van der Waals surface area contributed by atoms with E-state index in [0.717, 1.165) is 22.7 Å². The summed E-state index contributed by atoms with van der Waals surface area (Å²) in [7, 11) is 2.78. The maximum absolute atomic E-state index is 15.0. The Morgan fingerprint density at radius 1 is 0.671 bits per heavy atom. The molecule has 0 radical (unpaired) electrons. The van der Waals surface area contributed by atoms with E-state index in [9.17, 15) is 18.4 Å². The molecular formula is C47H45F2N19O5. The number of imidazole rings is 2. The van der Waals surface area contributed by atoms with Gasteiger partial charge in [0.1, 0.15) is 30.3 Å². The molecule has 24 nitrogen and oxygen atoms in total. The van der Waals surface area contributed by atoms with Crippen molar-refractivity contribution in [2.75, 3.05) is 14.2 Å². The Morgan fingerprint density at radius 3 is 1.73 bits per heavy atom. The molecule has 0 atom stereocenters. The lowest BCUT2D eigenvalue weighted by Crippen LogP contribution is -2.25. The van der Waals surface area contributed by atoms with E-state index < -0.39 is 23.5 Å². The van der Waals surface area contributed by atoms with E-state index in [2.05, 4.69) is 86.2 Å². The van der Waals surface area contributed by atoms with E-state index in [-0.39, 0.29) is 41.5 Å². The van der Waals surface area contributed by atoms with Crippen LogP contribution < -0.4 is 20.5 Å². The zero-order chi connectivity index (χ0) is 50.6. The fourth-order valence-electron chi connectivity index (χ4n) is 8.05. The highest BCUT2D eigenvalue weighted by Crippen LogP contribution is 2.40. The first-order valence-corrected chi connectivity index (χ1v) is 22.8. The number of carbonyl (C=O) groups excluding carboxylic acids is 1. The molecule has 26 heteroatoms. The number of fused-ring (bicyclic) bond motifs is 2. The zero-order valence-electron chi connectivity index (χ0n) is 39.1. The molecule has 73 heavy (non-hydrogen) atoms. The number of aromatic carboxylic acids is 1. The van der Waals surface area contributed by atoms with Crippen LogP contribution in [-0.2, 0) is 26.2 Å². The van der Waals surface area contributed by atoms with Gasteiger partial charge in [-0.3, -0.25) is 9.36 Å². The predicted octanol–water partition coefficient (Wildman–Crippen LogP) is 4.33. The number of hydrogen-bond acceptors (Lipinski definition) is 16. The summed E-state index contributed by atoms with van der Waals surface area (Å²) in [6.45, 7) is 0.700. The zero-order valence-corrected chi connectivity index (χ0v) is 39.1. The molecule has 0 unspecified atom stereocenters. The summed E-state index contributed by atoms with van der Waals surface area (Å²) in [6, 6.07) is 14.6. The highest BCUT2D eigenvalue weighted by molar-refractivity contribution is 5.91. The second-order valence-electron chi connectivity index (χ2n) is 17.0. The number of nitrogens with one attached hydrogen (secondary N) is 1. The minimum atomic E-state index is -1.08. The summed E-state index contributed by atoms with van der Waals surface area (Å²) in [5, 5.41) is 45.2. The number of ether oxygens (including phenoxy) is 2. The Balaban J connectivity index is 0.000000139. The van der Waals surface area contributed by atoms with E-state index in [1.54, 1.807) is 22.8 Å². The van der Waals surface area contributed by atoms with Gasteiger partial charge in [-0.15, -0.1) is 25.5 Å². The molecule has 2 aliphatic rings. The first-order valence-electron chi connectivity index (χ1n) is 22.8. The van der Waals surface area contributed by atoms with Crippen LogP contribution in [-0.4, -0.2) is 115 Å². The number of carbonyl (C=O) groups is 2. The van der Waals surface area contributed by atoms with Gasteiger partial charge in [0.25, 0.3) is 5.91 Å². The smallest absolute Gasteiger partial charge is 0.358 e. The molecule has 2 aliphatic carbocycles. The predicted molar refractivity (Wildman–Crippen MR) is 252 cm³/mol. The number of tetrazole rings is 1. The summed E-state index contributed by atoms with van der Waals surface area (Å²) >= 11 is 0. The van der Waals surface area contributed by atoms with Crippen LogP contribution in [0.3, 0.4) is 0 Å². The van der Waals surface area contributed by atoms with Crippen LogP contribution >= 0.6 is 0 Å². The Bertz CT molecular complexity index is 3560. The maximum atomic E-state index is 15.0. The first kappa shape index (κ1) is 47.4. The van der Waals surface area contributed by atoms with Gasteiger partial charge in [0.05, 0.1) is 62.5 Å². The third kappa shape index (κ3) is 10.6. The highest BCUT2D eigenvalue weighted by atomic mass is 19.1. The number of carboxylic acids is 1. The van der Waals surface area contributed by atoms with Gasteiger partial charge in [0, 0.05) is 49.0 Å². The van der Waals surface area contributed by atoms with Crippen molar-refractivity contribution in [3.05, 3.63) is 161 Å². The molecule has 8 heterocycles. The van der Waals surface area contributed by atoms with Gasteiger partial charge in [-0.05, 0) is 95.5 Å². The van der Waals surface area contributed by atoms with E-state index in [1.807, 2.05) is 33.3 Å². The van der Waals surface area contributed by atoms with Gasteiger partial charge in [-0.25, -0.2) is 37.6 Å². The maximum Gasteiger partial charge on any atom is 0.358 e. The Morgan fingerprint density at radius 2 is 1.22 bits per heavy atom. The molecule has 12 rings (SSSR count). The quantitative estimate of drug-likeness (QED) is 0.129. The Labute approximate surface area is 412 Å². The molecule has 0 bridgehead atoms. The molecule has 0 spiro atoms. The van der Waals surface area contributed by atoms with Gasteiger partial charge >= 0.3 is 5.97 Å². The number of aromatic nitrogens is 17. The lowest BCUT2D eigenvalue weighted by molar-refractivity contribution is 0.0690. The number of halogens is 2. The third-order valence-corrected chi connectivity index (χ3v) is 12.1. The van der Waals surface area contributed by atoms with Crippen LogP contribution in [0, 0.1) is 11.6 Å². The molecule has 10 aromatic rings. The van der Waals surface area contributed by atoms with Gasteiger partial charge < -0.3 is 34.4 Å². The lowest BCUT2D eigenvalue weighted by Gasteiger charge is -2.13. The molecule has 2 fully saturated rings. The number of hydrogen-bond donors (Lipinski definition) is 3. The molecule has 0 saturated heterocycles. The Kier molecular flexibility index (Phi) is 13.3. The highest BCUT2D eigenvalue weighted by Gasteiger charge is 2.25. The molecular weight excluding hydrogens is 949 g/mol. The standard InChI is InChI=1S/C23H21FN10O2.C14H13N5O2.C10H11FN4O/c1-36-20-6-5-19(34-13-26-29-31-34)17(22(20)24)8-25-23(35)18-12-33(30-28-18)11-16-10-32-9-15(14-2-3-14)4-7-21(32)27-16;20-14(21)12-8-19(17-16-12)7-11-6-18-5-10(9-1-2-9)3-4-13(18)15-11;1-16-9-3-2-8(7(4-12)10(9)11)15-5-13-14-6-15/h4-7,9-10,12-14H,2-3,8,11H2,1H3,(H,25,35);3-6,8-9H,1-2,7H2,(H,20,21);2-3,5-6H,4,12H2,1H3. The number of methoxy groups -OCH3 is 2. The van der Waals surface area contributed by atoms with Crippen molar-refractivity contribution in [1.82, 2.24) is 89.0 Å². The topological polar surface area (TPSA) is 281 Å². The number of benzene rings is 2. The van der Waals surface area contributed by atoms with Crippen LogP contribution in [0.15, 0.2) is 105 Å². The van der Waals surface area contributed by atoms with Gasteiger partial charge in [0.15, 0.2) is 34.5 Å². The summed E-state index contributed by atoms with van der Waals surface area (Å²) < 4.78 is 48.8. The summed E-state index contributed by atoms with van der Waals surface area (Å²) in [4.78, 5) is 32.7. The van der Waals surface area contributed by atoms with Crippen LogP contribution in [0.1, 0.15) is 92.1 Å². The number of amides is 1. The number of nitrogens with zero attached hydrogens (tertiary/aromatic N) is 17. The fourth-order valence-corrected chi connectivity index (χ4v) is 8.05. The summed E-state index contributed by atoms with van der Waals surface area (Å²) in [5.74, 6) is -1.07. The van der Waals surface area contributed by atoms with E-state index in [1.165, 1.54) is 103 Å². The van der Waals surface area contributed by atoms with Crippen LogP contribution in [0.5, 0.6) is 11.5 Å². The second-order valence-corrected chi connectivity index (χ2v) is 17.0. The van der Waals surface area contributed by atoms with Crippen LogP contribution in [0.4, 0.5) is 8.78 Å². The average molecular weight is 994 g/mol. The van der Waals surface area contributed by atoms with Gasteiger partial charge in [0.2, 0.25) is 0 Å². The van der Waals surface area contributed by atoms with Crippen molar-refractivity contribution in [1.29, 1.82) is 0 Å². The van der Waals surface area contributed by atoms with Crippen molar-refractivity contribution in [2.24, 2.45) is 5.73 Å². The van der Waals surface area contributed by atoms with Gasteiger partial charge in [-0.2, -0.15) is 0 Å². The first-order chi connectivity index (χ1) is 35.5. The SMILES string of the molecule is COc1ccc(-n2cnnc2)c(CN)c1F.COc1ccc(-n2cnnn2)c(CNC(=O)c2cn(Cc3cn4cc(C5CC5)ccc4n3)nn2)c1F.O=C(O)c1cn(Cc2cn3cc(C4CC4)ccc3n2)nn1.